The zero-order chi connectivity index (χ0) is 70.0. The number of hydrogen-bond donors (Lipinski definition) is 18. The van der Waals surface area contributed by atoms with Crippen LogP contribution in [0.3, 0.4) is 0 Å². The number of carbonyl (C=O) groups excluding carboxylic acids is 1. The number of ether oxygens (including phenoxy) is 12. The van der Waals surface area contributed by atoms with Gasteiger partial charge < -0.3 is 149 Å². The quantitative estimate of drug-likeness (QED) is 0.0392. The van der Waals surface area contributed by atoms with E-state index in [0.29, 0.717) is 64.2 Å². The Hall–Kier alpha value is -1.95. The third-order valence-electron chi connectivity index (χ3n) is 25.3. The van der Waals surface area contributed by atoms with Crippen LogP contribution in [0.1, 0.15) is 120 Å². The van der Waals surface area contributed by atoms with Crippen molar-refractivity contribution in [2.45, 2.75) is 304 Å². The predicted octanol–water partition coefficient (Wildman–Crippen LogP) is -4.72. The van der Waals surface area contributed by atoms with Crippen molar-refractivity contribution in [3.8, 4) is 0 Å². The van der Waals surface area contributed by atoms with E-state index < -0.39 is 238 Å². The van der Waals surface area contributed by atoms with Gasteiger partial charge in [0.15, 0.2) is 31.5 Å². The zero-order valence-corrected chi connectivity index (χ0v) is 55.6. The number of esters is 1. The van der Waals surface area contributed by atoms with Gasteiger partial charge in [0, 0.05) is 5.41 Å². The molecule has 6 aliphatic heterocycles. The highest BCUT2D eigenvalue weighted by molar-refractivity contribution is 5.79. The van der Waals surface area contributed by atoms with E-state index in [0.717, 1.165) is 5.57 Å². The zero-order valence-electron chi connectivity index (χ0n) is 55.6. The molecular formula is C65H106O31. The van der Waals surface area contributed by atoms with E-state index in [2.05, 4.69) is 40.7 Å². The van der Waals surface area contributed by atoms with Crippen molar-refractivity contribution in [2.75, 3.05) is 33.0 Å². The standard InChI is InChI=1S/C65H106O31/c1-25-36(69)41(74)46(79)54(87-25)92-32-23-86-58(52(40(32)73)95-56-48(81)43(76)38(71)29(20-66)89-56)93-35-12-13-61(5)33(62(35,6)24-68)11-14-64(8)34(61)10-9-27-28-19-60(3,4)15-17-65(28,18-16-63(27,64)7)59(84)96-57-49(82)44(77)39(72)31(91-57)22-85-53-50(83)45(78)51(30(21-67)90-53)94-55-47(80)42(75)37(70)26(2)88-55/h9,25-26,28-58,66-83H,10-24H2,1-8H3. The number of carbonyl (C=O) groups is 1. The van der Waals surface area contributed by atoms with Gasteiger partial charge in [-0.1, -0.05) is 53.2 Å². The minimum Gasteiger partial charge on any atom is -0.432 e. The van der Waals surface area contributed by atoms with Crippen molar-refractivity contribution in [1.82, 2.24) is 0 Å². The molecule has 0 aromatic carbocycles. The molecule has 38 unspecified atom stereocenters. The van der Waals surface area contributed by atoms with Gasteiger partial charge in [-0.05, 0) is 117 Å². The Labute approximate surface area is 556 Å². The van der Waals surface area contributed by atoms with Gasteiger partial charge in [-0.3, -0.25) is 4.79 Å². The van der Waals surface area contributed by atoms with E-state index in [1.54, 1.807) is 0 Å². The molecule has 4 saturated carbocycles. The summed E-state index contributed by atoms with van der Waals surface area (Å²) >= 11 is 0. The molecule has 552 valence electrons. The molecule has 11 rings (SSSR count). The van der Waals surface area contributed by atoms with E-state index in [4.69, 9.17) is 56.8 Å². The summed E-state index contributed by atoms with van der Waals surface area (Å²) in [6.07, 6.45) is -40.2. The summed E-state index contributed by atoms with van der Waals surface area (Å²) in [6.45, 7) is 13.1. The lowest BCUT2D eigenvalue weighted by Crippen LogP contribution is -2.67. The van der Waals surface area contributed by atoms with Crippen LogP contribution >= 0.6 is 0 Å². The Balaban J connectivity index is 0.789. The second-order valence-corrected chi connectivity index (χ2v) is 31.3. The number of fused-ring (bicyclic) bond motifs is 7. The number of rotatable bonds is 16. The van der Waals surface area contributed by atoms with E-state index in [-0.39, 0.29) is 35.2 Å². The van der Waals surface area contributed by atoms with Crippen molar-refractivity contribution in [1.29, 1.82) is 0 Å². The van der Waals surface area contributed by atoms with Gasteiger partial charge in [0.1, 0.15) is 128 Å². The first-order valence-corrected chi connectivity index (χ1v) is 34.1. The van der Waals surface area contributed by atoms with Gasteiger partial charge in [-0.2, -0.15) is 0 Å². The van der Waals surface area contributed by atoms with Crippen molar-refractivity contribution in [3.05, 3.63) is 11.6 Å². The maximum Gasteiger partial charge on any atom is 0.315 e. The summed E-state index contributed by atoms with van der Waals surface area (Å²) in [4.78, 5) is 15.3. The number of aliphatic hydroxyl groups is 18. The Morgan fingerprint density at radius 3 is 1.65 bits per heavy atom. The molecule has 31 nitrogen and oxygen atoms in total. The molecule has 6 heterocycles. The topological polar surface area (TPSA) is 492 Å². The molecule has 0 aromatic rings. The highest BCUT2D eigenvalue weighted by Crippen LogP contribution is 2.76. The highest BCUT2D eigenvalue weighted by Gasteiger charge is 2.71. The van der Waals surface area contributed by atoms with Crippen LogP contribution in [0.5, 0.6) is 0 Å². The van der Waals surface area contributed by atoms with Gasteiger partial charge in [0.2, 0.25) is 6.29 Å². The average molecular weight is 1380 g/mol. The molecule has 0 bridgehead atoms. The van der Waals surface area contributed by atoms with Crippen LogP contribution in [0, 0.1) is 50.2 Å². The fraction of sp³-hybridized carbons (Fsp3) is 0.954. The summed E-state index contributed by atoms with van der Waals surface area (Å²) in [5.41, 5.74) is -2.43. The predicted molar refractivity (Wildman–Crippen MR) is 321 cm³/mol. The van der Waals surface area contributed by atoms with Crippen molar-refractivity contribution in [2.24, 2.45) is 50.2 Å². The number of allylic oxidation sites excluding steroid dienone is 2. The van der Waals surface area contributed by atoms with E-state index >= 15 is 4.79 Å². The molecule has 38 atom stereocenters. The van der Waals surface area contributed by atoms with Gasteiger partial charge in [-0.15, -0.1) is 0 Å². The van der Waals surface area contributed by atoms with Crippen LogP contribution in [0.4, 0.5) is 0 Å². The van der Waals surface area contributed by atoms with Gasteiger partial charge in [0.25, 0.3) is 0 Å². The van der Waals surface area contributed by atoms with Gasteiger partial charge in [-0.25, -0.2) is 0 Å². The fourth-order valence-corrected chi connectivity index (χ4v) is 19.0. The summed E-state index contributed by atoms with van der Waals surface area (Å²) in [5, 5.41) is 196. The molecule has 18 N–H and O–H groups in total. The molecule has 6 saturated heterocycles. The molecule has 0 spiro atoms. The van der Waals surface area contributed by atoms with Crippen LogP contribution in [-0.4, -0.2) is 315 Å². The van der Waals surface area contributed by atoms with Crippen molar-refractivity contribution >= 4 is 5.97 Å². The lowest BCUT2D eigenvalue weighted by molar-refractivity contribution is -0.382. The maximum absolute atomic E-state index is 15.3. The van der Waals surface area contributed by atoms with Crippen molar-refractivity contribution < 1.29 is 154 Å². The summed E-state index contributed by atoms with van der Waals surface area (Å²) in [7, 11) is 0. The van der Waals surface area contributed by atoms with Gasteiger partial charge in [0.05, 0.1) is 56.8 Å². The normalized spacial score (nSPS) is 55.1. The summed E-state index contributed by atoms with van der Waals surface area (Å²) in [6, 6.07) is 0. The molecule has 0 aromatic heterocycles. The molecular weight excluding hydrogens is 1280 g/mol. The van der Waals surface area contributed by atoms with Crippen LogP contribution < -0.4 is 0 Å². The largest absolute Gasteiger partial charge is 0.432 e. The second kappa shape index (κ2) is 28.3. The third-order valence-corrected chi connectivity index (χ3v) is 25.3. The maximum atomic E-state index is 15.3. The minimum absolute atomic E-state index is 0.0403. The SMILES string of the molecule is CC1OC(OC2COC(OC3CCC4(C)C(CCC5(C)C4CC=C4C6CC(C)(C)CCC6(C(=O)OC6OC(COC7OC(CO)C(OC8OC(C)C(O)C(O)C8O)C(O)C7O)C(O)C(O)C6O)CCC45C)C3(C)CO)C(OC3OC(CO)C(O)C(O)C3O)C2O)C(O)C(O)C1O. The Morgan fingerprint density at radius 1 is 0.500 bits per heavy atom. The molecule has 96 heavy (non-hydrogen) atoms. The van der Waals surface area contributed by atoms with Crippen LogP contribution in [0.15, 0.2) is 11.6 Å². The first-order chi connectivity index (χ1) is 45.1. The van der Waals surface area contributed by atoms with Gasteiger partial charge >= 0.3 is 5.97 Å². The smallest absolute Gasteiger partial charge is 0.315 e. The second-order valence-electron chi connectivity index (χ2n) is 31.3. The first kappa shape index (κ1) is 75.2. The Morgan fingerprint density at radius 2 is 1.03 bits per heavy atom. The fourth-order valence-electron chi connectivity index (χ4n) is 19.0. The number of hydrogen-bond acceptors (Lipinski definition) is 31. The molecule has 0 amide bonds. The molecule has 11 aliphatic rings. The highest BCUT2D eigenvalue weighted by atomic mass is 16.8. The molecule has 31 heteroatoms. The lowest BCUT2D eigenvalue weighted by atomic mass is 9.33. The number of aliphatic hydroxyl groups excluding tert-OH is 18. The summed E-state index contributed by atoms with van der Waals surface area (Å²) in [5.74, 6) is -1.12. The Bertz CT molecular complexity index is 2690. The van der Waals surface area contributed by atoms with Crippen LogP contribution in [0.2, 0.25) is 0 Å². The van der Waals surface area contributed by atoms with Crippen LogP contribution in [0.25, 0.3) is 0 Å². The monoisotopic (exact) mass is 1380 g/mol. The summed E-state index contributed by atoms with van der Waals surface area (Å²) < 4.78 is 71.8. The van der Waals surface area contributed by atoms with E-state index in [1.165, 1.54) is 13.8 Å². The minimum atomic E-state index is -1.93. The molecule has 10 fully saturated rings. The lowest BCUT2D eigenvalue weighted by Gasteiger charge is -2.71. The van der Waals surface area contributed by atoms with Crippen LogP contribution in [-0.2, 0) is 61.6 Å². The molecule has 5 aliphatic carbocycles. The van der Waals surface area contributed by atoms with E-state index in [1.807, 2.05) is 6.92 Å². The van der Waals surface area contributed by atoms with E-state index in [9.17, 15) is 91.9 Å². The average Bonchev–Trinajstić information content (AvgIpc) is 0.674. The Kier molecular flexibility index (Phi) is 22.1. The molecule has 0 radical (unpaired) electrons. The third kappa shape index (κ3) is 12.8. The van der Waals surface area contributed by atoms with Crippen molar-refractivity contribution in [3.63, 3.8) is 0 Å². The first-order valence-electron chi connectivity index (χ1n) is 34.1.